The first-order valence-electron chi connectivity index (χ1n) is 5.77. The molecule has 19 heavy (non-hydrogen) atoms. The van der Waals surface area contributed by atoms with E-state index in [0.717, 1.165) is 11.1 Å². The molecular formula is C15H13FN2O. The molecule has 0 aromatic heterocycles. The molecule has 4 heteroatoms. The van der Waals surface area contributed by atoms with Crippen molar-refractivity contribution in [2.75, 3.05) is 5.73 Å². The van der Waals surface area contributed by atoms with Gasteiger partial charge in [0, 0.05) is 6.07 Å². The molecular weight excluding hydrogens is 243 g/mol. The number of hydrogen-bond donors (Lipinski definition) is 1. The Balaban J connectivity index is 2.10. The molecule has 2 rings (SSSR count). The Kier molecular flexibility index (Phi) is 3.67. The molecule has 0 aliphatic carbocycles. The number of benzene rings is 2. The van der Waals surface area contributed by atoms with Gasteiger partial charge in [0.25, 0.3) is 0 Å². The van der Waals surface area contributed by atoms with E-state index in [1.807, 2.05) is 13.0 Å². The number of nitrogen functional groups attached to an aromatic ring is 1. The maximum Gasteiger partial charge on any atom is 0.149 e. The van der Waals surface area contributed by atoms with Crippen LogP contribution in [0.3, 0.4) is 0 Å². The number of ether oxygens (including phenoxy) is 1. The van der Waals surface area contributed by atoms with Crippen LogP contribution in [-0.2, 0) is 6.61 Å². The maximum atomic E-state index is 13.2. The van der Waals surface area contributed by atoms with Crippen LogP contribution in [0.15, 0.2) is 36.4 Å². The van der Waals surface area contributed by atoms with E-state index in [1.165, 1.54) is 12.1 Å². The summed E-state index contributed by atoms with van der Waals surface area (Å²) in [5, 5.41) is 8.78. The van der Waals surface area contributed by atoms with E-state index in [0.29, 0.717) is 17.9 Å². The summed E-state index contributed by atoms with van der Waals surface area (Å²) in [6.07, 6.45) is 0. The Morgan fingerprint density at radius 1 is 1.26 bits per heavy atom. The number of nitrogens with two attached hydrogens (primary N) is 1. The van der Waals surface area contributed by atoms with Gasteiger partial charge in [-0.25, -0.2) is 4.39 Å². The molecule has 0 fully saturated rings. The number of aryl methyl sites for hydroxylation is 1. The predicted molar refractivity (Wildman–Crippen MR) is 71.0 cm³/mol. The Morgan fingerprint density at radius 2 is 2.05 bits per heavy atom. The Hall–Kier alpha value is -2.54. The van der Waals surface area contributed by atoms with Crippen LogP contribution in [0.25, 0.3) is 0 Å². The average molecular weight is 256 g/mol. The lowest BCUT2D eigenvalue weighted by molar-refractivity contribution is 0.304. The molecule has 0 radical (unpaired) electrons. The average Bonchev–Trinajstić information content (AvgIpc) is 2.41. The van der Waals surface area contributed by atoms with Gasteiger partial charge in [-0.05, 0) is 42.3 Å². The zero-order valence-electron chi connectivity index (χ0n) is 10.5. The topological polar surface area (TPSA) is 59.0 Å². The van der Waals surface area contributed by atoms with Crippen LogP contribution in [0.1, 0.15) is 16.7 Å². The van der Waals surface area contributed by atoms with E-state index < -0.39 is 5.82 Å². The quantitative estimate of drug-likeness (QED) is 0.858. The number of hydrogen-bond acceptors (Lipinski definition) is 3. The van der Waals surface area contributed by atoms with Crippen LogP contribution in [-0.4, -0.2) is 0 Å². The smallest absolute Gasteiger partial charge is 0.149 e. The fourth-order valence-corrected chi connectivity index (χ4v) is 1.69. The van der Waals surface area contributed by atoms with Gasteiger partial charge in [-0.3, -0.25) is 0 Å². The Labute approximate surface area is 111 Å². The van der Waals surface area contributed by atoms with Crippen LogP contribution in [0.2, 0.25) is 0 Å². The molecule has 0 saturated heterocycles. The number of nitriles is 1. The minimum Gasteiger partial charge on any atom is -0.489 e. The van der Waals surface area contributed by atoms with E-state index in [9.17, 15) is 4.39 Å². The maximum absolute atomic E-state index is 13.2. The van der Waals surface area contributed by atoms with Gasteiger partial charge < -0.3 is 10.5 Å². The van der Waals surface area contributed by atoms with Gasteiger partial charge in [-0.2, -0.15) is 5.26 Å². The highest BCUT2D eigenvalue weighted by atomic mass is 19.1. The molecule has 0 atom stereocenters. The second-order valence-electron chi connectivity index (χ2n) is 4.23. The number of anilines is 1. The van der Waals surface area contributed by atoms with E-state index in [-0.39, 0.29) is 5.69 Å². The van der Waals surface area contributed by atoms with Crippen LogP contribution in [0.5, 0.6) is 5.75 Å². The van der Waals surface area contributed by atoms with Crippen molar-refractivity contribution in [3.05, 3.63) is 58.9 Å². The zero-order chi connectivity index (χ0) is 13.8. The summed E-state index contributed by atoms with van der Waals surface area (Å²) in [5.74, 6) is -0.0653. The zero-order valence-corrected chi connectivity index (χ0v) is 10.5. The first kappa shape index (κ1) is 12.9. The Bertz CT molecular complexity index is 647. The van der Waals surface area contributed by atoms with Gasteiger partial charge in [-0.15, -0.1) is 0 Å². The van der Waals surface area contributed by atoms with Crippen molar-refractivity contribution >= 4 is 5.69 Å². The molecule has 0 saturated carbocycles. The molecule has 2 aromatic rings. The summed E-state index contributed by atoms with van der Waals surface area (Å²) in [6, 6.07) is 11.8. The fraction of sp³-hybridized carbons (Fsp3) is 0.133. The molecule has 0 bridgehead atoms. The molecule has 0 aliphatic rings. The molecule has 3 nitrogen and oxygen atoms in total. The third kappa shape index (κ3) is 3.02. The molecule has 0 spiro atoms. The van der Waals surface area contributed by atoms with Gasteiger partial charge in [0.1, 0.15) is 18.2 Å². The summed E-state index contributed by atoms with van der Waals surface area (Å²) >= 11 is 0. The van der Waals surface area contributed by atoms with Crippen molar-refractivity contribution in [1.29, 1.82) is 5.26 Å². The summed E-state index contributed by atoms with van der Waals surface area (Å²) in [5.41, 5.74) is 8.02. The van der Waals surface area contributed by atoms with Crippen molar-refractivity contribution in [3.8, 4) is 11.8 Å². The number of nitrogens with zero attached hydrogens (tertiary/aromatic N) is 1. The van der Waals surface area contributed by atoms with Crippen LogP contribution in [0, 0.1) is 24.1 Å². The molecule has 2 aromatic carbocycles. The lowest BCUT2D eigenvalue weighted by Crippen LogP contribution is -1.99. The molecule has 2 N–H and O–H groups in total. The molecule has 0 heterocycles. The monoisotopic (exact) mass is 256 g/mol. The highest BCUT2D eigenvalue weighted by Crippen LogP contribution is 2.20. The summed E-state index contributed by atoms with van der Waals surface area (Å²) in [4.78, 5) is 0. The molecule has 0 amide bonds. The van der Waals surface area contributed by atoms with E-state index in [4.69, 9.17) is 15.7 Å². The highest BCUT2D eigenvalue weighted by Gasteiger charge is 2.04. The van der Waals surface area contributed by atoms with Crippen LogP contribution in [0.4, 0.5) is 10.1 Å². The minimum atomic E-state index is -0.492. The summed E-state index contributed by atoms with van der Waals surface area (Å²) in [6.45, 7) is 2.23. The fourth-order valence-electron chi connectivity index (χ4n) is 1.69. The second-order valence-corrected chi connectivity index (χ2v) is 4.23. The van der Waals surface area contributed by atoms with Crippen molar-refractivity contribution < 1.29 is 9.13 Å². The van der Waals surface area contributed by atoms with Crippen molar-refractivity contribution in [2.24, 2.45) is 0 Å². The minimum absolute atomic E-state index is 0.0990. The van der Waals surface area contributed by atoms with Crippen molar-refractivity contribution in [3.63, 3.8) is 0 Å². The normalized spacial score (nSPS) is 9.95. The molecule has 96 valence electrons. The van der Waals surface area contributed by atoms with Gasteiger partial charge in [0.15, 0.2) is 0 Å². The van der Waals surface area contributed by atoms with Crippen LogP contribution >= 0.6 is 0 Å². The first-order chi connectivity index (χ1) is 9.10. The third-order valence-electron chi connectivity index (χ3n) is 2.84. The predicted octanol–water partition coefficient (Wildman–Crippen LogP) is 3.17. The highest BCUT2D eigenvalue weighted by molar-refractivity contribution is 5.43. The van der Waals surface area contributed by atoms with Gasteiger partial charge in [-0.1, -0.05) is 6.07 Å². The number of rotatable bonds is 3. The van der Waals surface area contributed by atoms with E-state index >= 15 is 0 Å². The summed E-state index contributed by atoms with van der Waals surface area (Å²) in [7, 11) is 0. The largest absolute Gasteiger partial charge is 0.489 e. The lowest BCUT2D eigenvalue weighted by Gasteiger charge is -2.09. The van der Waals surface area contributed by atoms with Crippen LogP contribution < -0.4 is 10.5 Å². The molecule has 0 unspecified atom stereocenters. The third-order valence-corrected chi connectivity index (χ3v) is 2.84. The van der Waals surface area contributed by atoms with Gasteiger partial charge in [0.05, 0.1) is 17.3 Å². The van der Waals surface area contributed by atoms with E-state index in [1.54, 1.807) is 18.2 Å². The standard InChI is InChI=1S/C15H13FN2O/c1-10-6-11(8-17)2-3-12(10)9-19-13-4-5-15(18)14(16)7-13/h2-7H,9,18H2,1H3. The van der Waals surface area contributed by atoms with Crippen molar-refractivity contribution in [2.45, 2.75) is 13.5 Å². The Morgan fingerprint density at radius 3 is 2.68 bits per heavy atom. The summed E-state index contributed by atoms with van der Waals surface area (Å²) < 4.78 is 18.7. The number of halogens is 1. The molecule has 0 aliphatic heterocycles. The van der Waals surface area contributed by atoms with E-state index in [2.05, 4.69) is 6.07 Å². The first-order valence-corrected chi connectivity index (χ1v) is 5.77. The van der Waals surface area contributed by atoms with Gasteiger partial charge in [0.2, 0.25) is 0 Å². The SMILES string of the molecule is Cc1cc(C#N)ccc1COc1ccc(N)c(F)c1. The second kappa shape index (κ2) is 5.40. The van der Waals surface area contributed by atoms with Crippen molar-refractivity contribution in [1.82, 2.24) is 0 Å². The lowest BCUT2D eigenvalue weighted by atomic mass is 10.1. The van der Waals surface area contributed by atoms with Gasteiger partial charge >= 0.3 is 0 Å².